The van der Waals surface area contributed by atoms with E-state index in [1.54, 1.807) is 0 Å². The van der Waals surface area contributed by atoms with Crippen LogP contribution in [-0.2, 0) is 11.2 Å². The largest absolute Gasteiger partial charge is 0.361 e. The highest BCUT2D eigenvalue weighted by atomic mass is 16.2. The number of rotatable bonds is 3. The molecule has 1 aromatic heterocycles. The van der Waals surface area contributed by atoms with Crippen LogP contribution >= 0.6 is 0 Å². The summed E-state index contributed by atoms with van der Waals surface area (Å²) < 4.78 is 0. The van der Waals surface area contributed by atoms with Gasteiger partial charge in [-0.2, -0.15) is 0 Å². The molecular formula is C20H24N2O. The van der Waals surface area contributed by atoms with E-state index in [1.165, 1.54) is 29.4 Å². The number of nitrogens with zero attached hydrogens (tertiary/aromatic N) is 1. The summed E-state index contributed by atoms with van der Waals surface area (Å²) in [6.45, 7) is 2.13. The average Bonchev–Trinajstić information content (AvgIpc) is 3.11. The van der Waals surface area contributed by atoms with Gasteiger partial charge in [-0.25, -0.2) is 0 Å². The molecule has 2 aromatic rings. The number of aromatic amines is 1. The van der Waals surface area contributed by atoms with Crippen molar-refractivity contribution in [3.8, 4) is 0 Å². The molecule has 1 N–H and O–H groups in total. The van der Waals surface area contributed by atoms with E-state index in [4.69, 9.17) is 0 Å². The van der Waals surface area contributed by atoms with Crippen LogP contribution in [0.4, 0.5) is 0 Å². The van der Waals surface area contributed by atoms with Crippen LogP contribution < -0.4 is 0 Å². The molecular weight excluding hydrogens is 284 g/mol. The second kappa shape index (κ2) is 5.88. The van der Waals surface area contributed by atoms with Gasteiger partial charge < -0.3 is 9.88 Å². The summed E-state index contributed by atoms with van der Waals surface area (Å²) in [7, 11) is 0. The summed E-state index contributed by atoms with van der Waals surface area (Å²) in [6.07, 6.45) is 10.3. The van der Waals surface area contributed by atoms with E-state index in [2.05, 4.69) is 47.3 Å². The molecule has 1 aromatic carbocycles. The minimum Gasteiger partial charge on any atom is -0.361 e. The third-order valence-corrected chi connectivity index (χ3v) is 5.59. The number of H-pyrrole nitrogens is 1. The van der Waals surface area contributed by atoms with Gasteiger partial charge in [0.05, 0.1) is 0 Å². The van der Waals surface area contributed by atoms with Crippen molar-refractivity contribution in [1.29, 1.82) is 0 Å². The number of amides is 1. The third kappa shape index (κ3) is 2.58. The van der Waals surface area contributed by atoms with Crippen LogP contribution in [0.2, 0.25) is 0 Å². The van der Waals surface area contributed by atoms with Gasteiger partial charge in [-0.3, -0.25) is 4.79 Å². The van der Waals surface area contributed by atoms with Gasteiger partial charge in [0, 0.05) is 35.6 Å². The first-order valence-electron chi connectivity index (χ1n) is 8.76. The second-order valence-electron chi connectivity index (χ2n) is 6.90. The highest BCUT2D eigenvalue weighted by Gasteiger charge is 2.40. The topological polar surface area (TPSA) is 36.1 Å². The molecule has 2 aliphatic heterocycles. The Morgan fingerprint density at radius 2 is 2.00 bits per heavy atom. The van der Waals surface area contributed by atoms with Crippen LogP contribution in [0.15, 0.2) is 42.1 Å². The van der Waals surface area contributed by atoms with E-state index < -0.39 is 0 Å². The molecule has 0 spiro atoms. The quantitative estimate of drug-likeness (QED) is 0.848. The summed E-state index contributed by atoms with van der Waals surface area (Å²) in [4.78, 5) is 18.3. The van der Waals surface area contributed by atoms with Crippen LogP contribution in [0, 0.1) is 0 Å². The van der Waals surface area contributed by atoms with Crippen molar-refractivity contribution in [2.24, 2.45) is 0 Å². The third-order valence-electron chi connectivity index (χ3n) is 5.59. The van der Waals surface area contributed by atoms with Crippen LogP contribution in [0.25, 0.3) is 10.9 Å². The van der Waals surface area contributed by atoms with Crippen molar-refractivity contribution in [2.45, 2.75) is 57.5 Å². The minimum absolute atomic E-state index is 0.345. The minimum atomic E-state index is 0.345. The van der Waals surface area contributed by atoms with Crippen molar-refractivity contribution >= 4 is 16.8 Å². The number of fused-ring (bicyclic) bond motifs is 3. The summed E-state index contributed by atoms with van der Waals surface area (Å²) in [5, 5.41) is 1.25. The van der Waals surface area contributed by atoms with Crippen molar-refractivity contribution in [2.75, 3.05) is 0 Å². The van der Waals surface area contributed by atoms with Gasteiger partial charge in [-0.05, 0) is 50.7 Å². The number of aromatic nitrogens is 1. The Balaban J connectivity index is 1.45. The Hall–Kier alpha value is -2.03. The maximum atomic E-state index is 12.8. The SMILES string of the molecule is CC=C1CC2CCC(C1)N2C(=O)CCc1c[nH]c2ccccc12. The molecule has 0 saturated carbocycles. The average molecular weight is 308 g/mol. The lowest BCUT2D eigenvalue weighted by atomic mass is 9.96. The monoisotopic (exact) mass is 308 g/mol. The van der Waals surface area contributed by atoms with Crippen molar-refractivity contribution in [3.05, 3.63) is 47.7 Å². The fourth-order valence-corrected chi connectivity index (χ4v) is 4.40. The molecule has 3 heteroatoms. The first kappa shape index (κ1) is 14.6. The number of allylic oxidation sites excluding steroid dienone is 1. The van der Waals surface area contributed by atoms with E-state index >= 15 is 0 Å². The zero-order chi connectivity index (χ0) is 15.8. The number of hydrogen-bond donors (Lipinski definition) is 1. The fourth-order valence-electron chi connectivity index (χ4n) is 4.40. The van der Waals surface area contributed by atoms with Crippen molar-refractivity contribution in [3.63, 3.8) is 0 Å². The molecule has 0 radical (unpaired) electrons. The Bertz CT molecular complexity index is 742. The summed E-state index contributed by atoms with van der Waals surface area (Å²) in [5.74, 6) is 0.345. The molecule has 3 heterocycles. The number of para-hydroxylation sites is 1. The molecule has 23 heavy (non-hydrogen) atoms. The lowest BCUT2D eigenvalue weighted by Gasteiger charge is -2.36. The van der Waals surface area contributed by atoms with Crippen LogP contribution in [0.3, 0.4) is 0 Å². The van der Waals surface area contributed by atoms with E-state index in [9.17, 15) is 4.79 Å². The molecule has 120 valence electrons. The highest BCUT2D eigenvalue weighted by molar-refractivity contribution is 5.84. The van der Waals surface area contributed by atoms with E-state index in [1.807, 2.05) is 6.07 Å². The van der Waals surface area contributed by atoms with Crippen LogP contribution in [0.5, 0.6) is 0 Å². The fraction of sp³-hybridized carbons (Fsp3) is 0.450. The Morgan fingerprint density at radius 3 is 2.74 bits per heavy atom. The van der Waals surface area contributed by atoms with Gasteiger partial charge >= 0.3 is 0 Å². The normalized spacial score (nSPS) is 23.5. The first-order valence-corrected chi connectivity index (χ1v) is 8.76. The molecule has 2 saturated heterocycles. The molecule has 2 bridgehead atoms. The summed E-state index contributed by atoms with van der Waals surface area (Å²) >= 11 is 0. The predicted octanol–water partition coefficient (Wildman–Crippen LogP) is 4.20. The smallest absolute Gasteiger partial charge is 0.223 e. The van der Waals surface area contributed by atoms with Gasteiger partial charge in [0.1, 0.15) is 0 Å². The number of carbonyl (C=O) groups is 1. The number of nitrogens with one attached hydrogen (secondary N) is 1. The van der Waals surface area contributed by atoms with E-state index in [-0.39, 0.29) is 0 Å². The maximum Gasteiger partial charge on any atom is 0.223 e. The maximum absolute atomic E-state index is 12.8. The Morgan fingerprint density at radius 1 is 1.26 bits per heavy atom. The number of aryl methyl sites for hydroxylation is 1. The molecule has 2 atom stereocenters. The van der Waals surface area contributed by atoms with Gasteiger partial charge in [0.15, 0.2) is 0 Å². The van der Waals surface area contributed by atoms with Crippen LogP contribution in [-0.4, -0.2) is 27.9 Å². The number of hydrogen-bond acceptors (Lipinski definition) is 1. The van der Waals surface area contributed by atoms with Gasteiger partial charge in [0.2, 0.25) is 5.91 Å². The van der Waals surface area contributed by atoms with Crippen LogP contribution in [0.1, 0.15) is 44.6 Å². The lowest BCUT2D eigenvalue weighted by Crippen LogP contribution is -2.44. The summed E-state index contributed by atoms with van der Waals surface area (Å²) in [6, 6.07) is 9.23. The number of carbonyl (C=O) groups excluding carboxylic acids is 1. The van der Waals surface area contributed by atoms with Gasteiger partial charge in [-0.15, -0.1) is 0 Å². The van der Waals surface area contributed by atoms with Gasteiger partial charge in [-0.1, -0.05) is 29.8 Å². The molecule has 4 rings (SSSR count). The molecule has 3 nitrogen and oxygen atoms in total. The number of piperidine rings is 1. The molecule has 0 aliphatic carbocycles. The Labute approximate surface area is 137 Å². The zero-order valence-corrected chi connectivity index (χ0v) is 13.7. The van der Waals surface area contributed by atoms with Gasteiger partial charge in [0.25, 0.3) is 0 Å². The molecule has 2 unspecified atom stereocenters. The molecule has 1 amide bonds. The van der Waals surface area contributed by atoms with E-state index in [0.717, 1.165) is 24.8 Å². The molecule has 2 aliphatic rings. The first-order chi connectivity index (χ1) is 11.3. The van der Waals surface area contributed by atoms with Crippen molar-refractivity contribution < 1.29 is 4.79 Å². The molecule has 2 fully saturated rings. The number of benzene rings is 1. The second-order valence-corrected chi connectivity index (χ2v) is 6.90. The lowest BCUT2D eigenvalue weighted by molar-refractivity contribution is -0.134. The Kier molecular flexibility index (Phi) is 3.72. The standard InChI is InChI=1S/C20H24N2O/c1-2-14-11-16-8-9-17(12-14)22(16)20(23)10-7-15-13-21-19-6-4-3-5-18(15)19/h2-6,13,16-17,21H,7-12H2,1H3. The summed E-state index contributed by atoms with van der Waals surface area (Å²) in [5.41, 5.74) is 3.95. The zero-order valence-electron chi connectivity index (χ0n) is 13.7. The predicted molar refractivity (Wildman–Crippen MR) is 93.3 cm³/mol. The van der Waals surface area contributed by atoms with E-state index in [0.29, 0.717) is 24.4 Å². The highest BCUT2D eigenvalue weighted by Crippen LogP contribution is 2.38. The van der Waals surface area contributed by atoms with Crippen molar-refractivity contribution in [1.82, 2.24) is 9.88 Å².